The molecule has 1 aliphatic heterocycles. The SMILES string of the molecule is CCS(=O)(=O)c1ccc(Cl)cc1Cn1c(=O)[nH]c2cc(CN3CCN(S(C)(=O)=O)CC3)c(C(F)(F)F)cc2c1=O. The Morgan fingerprint density at radius 1 is 0.950 bits per heavy atom. The molecule has 40 heavy (non-hydrogen) atoms. The molecule has 0 atom stereocenters. The average Bonchev–Trinajstić information content (AvgIpc) is 2.85. The van der Waals surface area contributed by atoms with Gasteiger partial charge in [-0.05, 0) is 41.5 Å². The zero-order valence-electron chi connectivity index (χ0n) is 21.5. The third-order valence-electron chi connectivity index (χ3n) is 6.77. The monoisotopic (exact) mass is 622 g/mol. The van der Waals surface area contributed by atoms with Gasteiger partial charge in [0, 0.05) is 37.7 Å². The van der Waals surface area contributed by atoms with E-state index in [9.17, 15) is 39.6 Å². The van der Waals surface area contributed by atoms with E-state index < -0.39 is 54.8 Å². The summed E-state index contributed by atoms with van der Waals surface area (Å²) in [6, 6.07) is 5.65. The van der Waals surface area contributed by atoms with Crippen LogP contribution in [0.3, 0.4) is 0 Å². The van der Waals surface area contributed by atoms with Gasteiger partial charge in [-0.25, -0.2) is 21.6 Å². The lowest BCUT2D eigenvalue weighted by Gasteiger charge is -2.33. The number of piperazine rings is 1. The summed E-state index contributed by atoms with van der Waals surface area (Å²) in [5.74, 6) is -0.258. The van der Waals surface area contributed by atoms with Crippen molar-refractivity contribution in [2.45, 2.75) is 31.1 Å². The van der Waals surface area contributed by atoms with Gasteiger partial charge in [0.15, 0.2) is 9.84 Å². The van der Waals surface area contributed by atoms with Crippen LogP contribution in [0.25, 0.3) is 10.9 Å². The minimum atomic E-state index is -4.83. The lowest BCUT2D eigenvalue weighted by atomic mass is 10.0. The van der Waals surface area contributed by atoms with Crippen LogP contribution in [0.2, 0.25) is 5.02 Å². The van der Waals surface area contributed by atoms with Crippen LogP contribution < -0.4 is 11.2 Å². The lowest BCUT2D eigenvalue weighted by molar-refractivity contribution is -0.138. The van der Waals surface area contributed by atoms with E-state index in [4.69, 9.17) is 11.6 Å². The molecule has 0 aliphatic carbocycles. The molecule has 0 unspecified atom stereocenters. The fraction of sp³-hybridized carbons (Fsp3) is 0.417. The third-order valence-corrected chi connectivity index (χ3v) is 10.1. The Hall–Kier alpha value is -2.72. The second-order valence-corrected chi connectivity index (χ2v) is 14.1. The van der Waals surface area contributed by atoms with E-state index in [1.54, 1.807) is 4.90 Å². The van der Waals surface area contributed by atoms with E-state index >= 15 is 0 Å². The number of rotatable bonds is 7. The molecule has 0 bridgehead atoms. The highest BCUT2D eigenvalue weighted by Gasteiger charge is 2.35. The van der Waals surface area contributed by atoms with Crippen molar-refractivity contribution >= 4 is 42.4 Å². The molecular weight excluding hydrogens is 597 g/mol. The summed E-state index contributed by atoms with van der Waals surface area (Å²) in [4.78, 5) is 30.2. The van der Waals surface area contributed by atoms with Crippen molar-refractivity contribution in [2.24, 2.45) is 0 Å². The standard InChI is InChI=1S/C24H26ClF3N4O6S2/c1-3-40(37,38)21-5-4-17(25)10-16(21)14-32-22(33)18-12-19(24(26,27)28)15(11-20(18)29-23(32)34)13-30-6-8-31(9-7-30)39(2,35)36/h4-5,10-12H,3,6-9,13-14H2,1-2H3,(H,29,34). The van der Waals surface area contributed by atoms with Gasteiger partial charge in [-0.2, -0.15) is 17.5 Å². The maximum Gasteiger partial charge on any atom is 0.416 e. The molecule has 1 aromatic heterocycles. The van der Waals surface area contributed by atoms with E-state index in [0.29, 0.717) is 10.6 Å². The normalized spacial score (nSPS) is 16.1. The molecule has 0 radical (unpaired) electrons. The Morgan fingerprint density at radius 2 is 1.60 bits per heavy atom. The number of sulfonamides is 1. The van der Waals surface area contributed by atoms with E-state index in [2.05, 4.69) is 4.98 Å². The number of halogens is 4. The molecule has 0 spiro atoms. The van der Waals surface area contributed by atoms with E-state index in [-0.39, 0.29) is 65.0 Å². The molecule has 1 aliphatic rings. The van der Waals surface area contributed by atoms with Crippen LogP contribution in [0.5, 0.6) is 0 Å². The lowest BCUT2D eigenvalue weighted by Crippen LogP contribution is -2.48. The molecule has 0 amide bonds. The van der Waals surface area contributed by atoms with E-state index in [0.717, 1.165) is 12.3 Å². The first-order valence-electron chi connectivity index (χ1n) is 12.1. The van der Waals surface area contributed by atoms with Crippen molar-refractivity contribution in [3.8, 4) is 0 Å². The van der Waals surface area contributed by atoms with Gasteiger partial charge < -0.3 is 4.98 Å². The molecule has 1 N–H and O–H groups in total. The zero-order valence-corrected chi connectivity index (χ0v) is 23.8. The highest BCUT2D eigenvalue weighted by atomic mass is 35.5. The fourth-order valence-corrected chi connectivity index (χ4v) is 6.78. The van der Waals surface area contributed by atoms with Crippen molar-refractivity contribution in [3.05, 3.63) is 72.9 Å². The van der Waals surface area contributed by atoms with Gasteiger partial charge >= 0.3 is 11.9 Å². The fourth-order valence-electron chi connectivity index (χ4n) is 4.64. The summed E-state index contributed by atoms with van der Waals surface area (Å²) in [5.41, 5.74) is -3.30. The van der Waals surface area contributed by atoms with Crippen LogP contribution in [0.4, 0.5) is 13.2 Å². The van der Waals surface area contributed by atoms with Crippen molar-refractivity contribution in [1.82, 2.24) is 18.8 Å². The Labute approximate surface area is 232 Å². The first-order valence-corrected chi connectivity index (χ1v) is 15.9. The predicted molar refractivity (Wildman–Crippen MR) is 144 cm³/mol. The quantitative estimate of drug-likeness (QED) is 0.428. The molecule has 10 nitrogen and oxygen atoms in total. The van der Waals surface area contributed by atoms with Crippen molar-refractivity contribution < 1.29 is 30.0 Å². The molecule has 2 heterocycles. The molecule has 2 aromatic carbocycles. The van der Waals surface area contributed by atoms with Crippen LogP contribution in [-0.2, 0) is 39.1 Å². The Morgan fingerprint density at radius 3 is 2.17 bits per heavy atom. The second-order valence-electron chi connectivity index (χ2n) is 9.47. The Kier molecular flexibility index (Phi) is 8.26. The number of alkyl halides is 3. The van der Waals surface area contributed by atoms with Crippen LogP contribution in [0, 0.1) is 0 Å². The van der Waals surface area contributed by atoms with Gasteiger partial charge in [-0.3, -0.25) is 14.3 Å². The van der Waals surface area contributed by atoms with Gasteiger partial charge in [0.2, 0.25) is 10.0 Å². The van der Waals surface area contributed by atoms with Crippen LogP contribution in [0.15, 0.2) is 44.8 Å². The van der Waals surface area contributed by atoms with Crippen LogP contribution in [0.1, 0.15) is 23.6 Å². The smallest absolute Gasteiger partial charge is 0.307 e. The maximum atomic E-state index is 14.1. The van der Waals surface area contributed by atoms with Gasteiger partial charge in [-0.15, -0.1) is 0 Å². The highest BCUT2D eigenvalue weighted by Crippen LogP contribution is 2.34. The van der Waals surface area contributed by atoms with Crippen molar-refractivity contribution in [1.29, 1.82) is 0 Å². The van der Waals surface area contributed by atoms with E-state index in [1.165, 1.54) is 29.4 Å². The largest absolute Gasteiger partial charge is 0.416 e. The van der Waals surface area contributed by atoms with Gasteiger partial charge in [0.1, 0.15) is 0 Å². The number of hydrogen-bond acceptors (Lipinski definition) is 7. The molecule has 218 valence electrons. The van der Waals surface area contributed by atoms with Gasteiger partial charge in [-0.1, -0.05) is 18.5 Å². The number of nitrogens with zero attached hydrogens (tertiary/aromatic N) is 3. The third kappa shape index (κ3) is 6.28. The minimum Gasteiger partial charge on any atom is -0.307 e. The molecule has 0 saturated carbocycles. The Balaban J connectivity index is 1.77. The molecule has 4 rings (SSSR count). The number of aromatic amines is 1. The van der Waals surface area contributed by atoms with Crippen LogP contribution in [-0.4, -0.2) is 73.8 Å². The maximum absolute atomic E-state index is 14.1. The highest BCUT2D eigenvalue weighted by molar-refractivity contribution is 7.91. The molecule has 1 fully saturated rings. The van der Waals surface area contributed by atoms with E-state index in [1.807, 2.05) is 0 Å². The van der Waals surface area contributed by atoms with Crippen LogP contribution >= 0.6 is 11.6 Å². The van der Waals surface area contributed by atoms with Gasteiger partial charge in [0.25, 0.3) is 5.56 Å². The number of benzene rings is 2. The first-order chi connectivity index (χ1) is 18.5. The predicted octanol–water partition coefficient (Wildman–Crippen LogP) is 2.28. The number of aromatic nitrogens is 2. The first kappa shape index (κ1) is 30.2. The summed E-state index contributed by atoms with van der Waals surface area (Å²) >= 11 is 6.02. The Bertz CT molecular complexity index is 1800. The molecule has 3 aromatic rings. The molecule has 1 saturated heterocycles. The topological polar surface area (TPSA) is 130 Å². The number of nitrogens with one attached hydrogen (secondary N) is 1. The number of H-pyrrole nitrogens is 1. The minimum absolute atomic E-state index is 0.0437. The number of sulfone groups is 1. The summed E-state index contributed by atoms with van der Waals surface area (Å²) in [6.45, 7) is 1.33. The molecule has 16 heteroatoms. The number of fused-ring (bicyclic) bond motifs is 1. The summed E-state index contributed by atoms with van der Waals surface area (Å²) < 4.78 is 92.8. The summed E-state index contributed by atoms with van der Waals surface area (Å²) in [7, 11) is -7.19. The van der Waals surface area contributed by atoms with Crippen molar-refractivity contribution in [3.63, 3.8) is 0 Å². The average molecular weight is 623 g/mol. The number of hydrogen-bond donors (Lipinski definition) is 1. The zero-order chi connectivity index (χ0) is 29.6. The molecular formula is C24H26ClF3N4O6S2. The second kappa shape index (κ2) is 10.9. The van der Waals surface area contributed by atoms with Gasteiger partial charge in [0.05, 0.1) is 39.9 Å². The summed E-state index contributed by atoms with van der Waals surface area (Å²) in [5, 5.41) is -0.254. The van der Waals surface area contributed by atoms with Crippen molar-refractivity contribution in [2.75, 3.05) is 38.2 Å². The summed E-state index contributed by atoms with van der Waals surface area (Å²) in [6.07, 6.45) is -3.77.